The van der Waals surface area contributed by atoms with Crippen LogP contribution in [0.1, 0.15) is 6.42 Å². The number of hydrogen-bond donors (Lipinski definition) is 2. The zero-order valence-corrected chi connectivity index (χ0v) is 14.9. The lowest BCUT2D eigenvalue weighted by molar-refractivity contribution is -0.116. The Balaban J connectivity index is 1.78. The minimum Gasteiger partial charge on any atom is -0.497 e. The topological polar surface area (TPSA) is 102 Å². The van der Waals surface area contributed by atoms with E-state index in [9.17, 15) is 14.4 Å². The average Bonchev–Trinajstić information content (AvgIpc) is 2.67. The molecule has 0 fully saturated rings. The molecular formula is C19H19N3O5. The molecule has 0 saturated carbocycles. The zero-order valence-electron chi connectivity index (χ0n) is 14.9. The number of para-hydroxylation sites is 1. The van der Waals surface area contributed by atoms with Gasteiger partial charge in [-0.1, -0.05) is 12.1 Å². The van der Waals surface area contributed by atoms with Crippen LogP contribution in [0.4, 0.5) is 5.69 Å². The van der Waals surface area contributed by atoms with Crippen molar-refractivity contribution < 1.29 is 14.3 Å². The van der Waals surface area contributed by atoms with Gasteiger partial charge in [0.25, 0.3) is 5.56 Å². The van der Waals surface area contributed by atoms with Gasteiger partial charge in [0.1, 0.15) is 11.5 Å². The van der Waals surface area contributed by atoms with Gasteiger partial charge in [0, 0.05) is 19.0 Å². The number of H-pyrrole nitrogens is 1. The van der Waals surface area contributed by atoms with Crippen molar-refractivity contribution in [3.63, 3.8) is 0 Å². The molecule has 3 rings (SSSR count). The Labute approximate surface area is 154 Å². The second-order valence-corrected chi connectivity index (χ2v) is 5.80. The highest BCUT2D eigenvalue weighted by Crippen LogP contribution is 2.28. The second-order valence-electron chi connectivity index (χ2n) is 5.80. The lowest BCUT2D eigenvalue weighted by Crippen LogP contribution is -2.36. The van der Waals surface area contributed by atoms with E-state index in [2.05, 4.69) is 10.3 Å². The molecule has 0 radical (unpaired) electrons. The van der Waals surface area contributed by atoms with Gasteiger partial charge in [-0.05, 0) is 24.3 Å². The summed E-state index contributed by atoms with van der Waals surface area (Å²) in [6.07, 6.45) is -0.0539. The predicted molar refractivity (Wildman–Crippen MR) is 102 cm³/mol. The summed E-state index contributed by atoms with van der Waals surface area (Å²) < 4.78 is 11.4. The van der Waals surface area contributed by atoms with Crippen LogP contribution in [0.3, 0.4) is 0 Å². The number of rotatable bonds is 6. The number of aromatic nitrogens is 2. The molecule has 0 spiro atoms. The summed E-state index contributed by atoms with van der Waals surface area (Å²) in [7, 11) is 3.01. The number of hydrogen-bond acceptors (Lipinski definition) is 5. The van der Waals surface area contributed by atoms with Gasteiger partial charge in [0.05, 0.1) is 30.8 Å². The van der Waals surface area contributed by atoms with Gasteiger partial charge in [-0.15, -0.1) is 0 Å². The number of methoxy groups -OCH3 is 2. The van der Waals surface area contributed by atoms with Crippen molar-refractivity contribution in [2.75, 3.05) is 19.5 Å². The van der Waals surface area contributed by atoms with Gasteiger partial charge in [-0.25, -0.2) is 4.79 Å². The van der Waals surface area contributed by atoms with Crippen LogP contribution in [0.5, 0.6) is 11.5 Å². The number of amides is 1. The van der Waals surface area contributed by atoms with Crippen LogP contribution in [0, 0.1) is 0 Å². The monoisotopic (exact) mass is 369 g/mol. The number of aromatic amines is 1. The molecule has 0 unspecified atom stereocenters. The standard InChI is InChI=1S/C19H19N3O5/c1-26-12-7-8-16(27-2)15(11-12)20-17(23)9-10-22-18(24)13-5-3-4-6-14(13)21-19(22)25/h3-8,11H,9-10H2,1-2H3,(H,20,23)(H,21,25). The van der Waals surface area contributed by atoms with Gasteiger partial charge in [0.2, 0.25) is 5.91 Å². The van der Waals surface area contributed by atoms with Gasteiger partial charge in [0.15, 0.2) is 0 Å². The number of benzene rings is 2. The van der Waals surface area contributed by atoms with Crippen molar-refractivity contribution in [1.82, 2.24) is 9.55 Å². The number of carbonyl (C=O) groups excluding carboxylic acids is 1. The molecule has 8 nitrogen and oxygen atoms in total. The first-order valence-electron chi connectivity index (χ1n) is 8.27. The Morgan fingerprint density at radius 3 is 2.63 bits per heavy atom. The number of fused-ring (bicyclic) bond motifs is 1. The lowest BCUT2D eigenvalue weighted by Gasteiger charge is -2.12. The van der Waals surface area contributed by atoms with Crippen molar-refractivity contribution in [3.05, 3.63) is 63.3 Å². The fourth-order valence-corrected chi connectivity index (χ4v) is 2.74. The average molecular weight is 369 g/mol. The Hall–Kier alpha value is -3.55. The van der Waals surface area contributed by atoms with E-state index in [4.69, 9.17) is 9.47 Å². The van der Waals surface area contributed by atoms with Crippen molar-refractivity contribution in [2.45, 2.75) is 13.0 Å². The van der Waals surface area contributed by atoms with Crippen LogP contribution in [0.2, 0.25) is 0 Å². The summed E-state index contributed by atoms with van der Waals surface area (Å²) in [5.41, 5.74) is -0.0671. The van der Waals surface area contributed by atoms with E-state index in [1.165, 1.54) is 14.2 Å². The molecule has 1 aromatic heterocycles. The maximum atomic E-state index is 12.5. The summed E-state index contributed by atoms with van der Waals surface area (Å²) in [6, 6.07) is 11.8. The van der Waals surface area contributed by atoms with Crippen LogP contribution in [-0.4, -0.2) is 29.7 Å². The van der Waals surface area contributed by atoms with Crippen LogP contribution in [0.15, 0.2) is 52.1 Å². The van der Waals surface area contributed by atoms with Crippen molar-refractivity contribution in [3.8, 4) is 11.5 Å². The molecule has 3 aromatic rings. The summed E-state index contributed by atoms with van der Waals surface area (Å²) in [4.78, 5) is 39.6. The van der Waals surface area contributed by atoms with Crippen LogP contribution < -0.4 is 26.0 Å². The molecule has 2 N–H and O–H groups in total. The number of anilines is 1. The summed E-state index contributed by atoms with van der Waals surface area (Å²) in [5, 5.41) is 3.11. The lowest BCUT2D eigenvalue weighted by atomic mass is 10.2. The zero-order chi connectivity index (χ0) is 19.4. The molecule has 0 aliphatic rings. The first-order chi connectivity index (χ1) is 13.0. The SMILES string of the molecule is COc1ccc(OC)c(NC(=O)CCn2c(=O)[nH]c3ccccc3c2=O)c1. The van der Waals surface area contributed by atoms with E-state index >= 15 is 0 Å². The fourth-order valence-electron chi connectivity index (χ4n) is 2.74. The minimum absolute atomic E-state index is 0.0445. The third kappa shape index (κ3) is 3.84. The van der Waals surface area contributed by atoms with Gasteiger partial charge in [-0.3, -0.25) is 14.2 Å². The second kappa shape index (κ2) is 7.77. The molecule has 1 amide bonds. The molecular weight excluding hydrogens is 350 g/mol. The van der Waals surface area contributed by atoms with Crippen molar-refractivity contribution in [2.24, 2.45) is 0 Å². The molecule has 2 aromatic carbocycles. The summed E-state index contributed by atoms with van der Waals surface area (Å²) >= 11 is 0. The Morgan fingerprint density at radius 1 is 1.11 bits per heavy atom. The highest BCUT2D eigenvalue weighted by atomic mass is 16.5. The van der Waals surface area contributed by atoms with Crippen molar-refractivity contribution in [1.29, 1.82) is 0 Å². The van der Waals surface area contributed by atoms with Gasteiger partial charge >= 0.3 is 5.69 Å². The van der Waals surface area contributed by atoms with Crippen molar-refractivity contribution >= 4 is 22.5 Å². The normalized spacial score (nSPS) is 10.6. The maximum Gasteiger partial charge on any atom is 0.328 e. The van der Waals surface area contributed by atoms with E-state index < -0.39 is 11.2 Å². The third-order valence-electron chi connectivity index (χ3n) is 4.13. The minimum atomic E-state index is -0.550. The largest absolute Gasteiger partial charge is 0.497 e. The van der Waals surface area contributed by atoms with E-state index in [0.29, 0.717) is 28.1 Å². The summed E-state index contributed by atoms with van der Waals surface area (Å²) in [5.74, 6) is 0.680. The van der Waals surface area contributed by atoms with Gasteiger partial charge < -0.3 is 19.8 Å². The third-order valence-corrected chi connectivity index (χ3v) is 4.13. The Kier molecular flexibility index (Phi) is 5.25. The first kappa shape index (κ1) is 18.2. The molecule has 0 bridgehead atoms. The molecule has 140 valence electrons. The van der Waals surface area contributed by atoms with E-state index in [1.54, 1.807) is 42.5 Å². The molecule has 0 saturated heterocycles. The predicted octanol–water partition coefficient (Wildman–Crippen LogP) is 1.74. The van der Waals surface area contributed by atoms with Crippen LogP contribution in [-0.2, 0) is 11.3 Å². The molecule has 8 heteroatoms. The van der Waals surface area contributed by atoms with Crippen LogP contribution >= 0.6 is 0 Å². The highest BCUT2D eigenvalue weighted by molar-refractivity contribution is 5.92. The summed E-state index contributed by atoms with van der Waals surface area (Å²) in [6.45, 7) is -0.0445. The number of nitrogens with zero attached hydrogens (tertiary/aromatic N) is 1. The van der Waals surface area contributed by atoms with E-state index in [0.717, 1.165) is 4.57 Å². The molecule has 1 heterocycles. The highest BCUT2D eigenvalue weighted by Gasteiger charge is 2.12. The van der Waals surface area contributed by atoms with Crippen LogP contribution in [0.25, 0.3) is 10.9 Å². The molecule has 0 aliphatic carbocycles. The number of ether oxygens (including phenoxy) is 2. The fraction of sp³-hybridized carbons (Fsp3) is 0.211. The molecule has 27 heavy (non-hydrogen) atoms. The first-order valence-corrected chi connectivity index (χ1v) is 8.27. The quantitative estimate of drug-likeness (QED) is 0.689. The van der Waals surface area contributed by atoms with E-state index in [1.807, 2.05) is 0 Å². The maximum absolute atomic E-state index is 12.5. The smallest absolute Gasteiger partial charge is 0.328 e. The van der Waals surface area contributed by atoms with Gasteiger partial charge in [-0.2, -0.15) is 0 Å². The number of nitrogens with one attached hydrogen (secondary N) is 2. The Bertz CT molecular complexity index is 1100. The molecule has 0 aliphatic heterocycles. The van der Waals surface area contributed by atoms with E-state index in [-0.39, 0.29) is 18.9 Å². The molecule has 0 atom stereocenters. The Morgan fingerprint density at radius 2 is 1.89 bits per heavy atom. The number of carbonyl (C=O) groups is 1.